The van der Waals surface area contributed by atoms with Gasteiger partial charge >= 0.3 is 5.97 Å². The number of aryl methyl sites for hydroxylation is 2. The third-order valence-electron chi connectivity index (χ3n) is 2.51. The van der Waals surface area contributed by atoms with E-state index in [0.29, 0.717) is 5.52 Å². The molecule has 2 aromatic rings. The first-order valence-corrected chi connectivity index (χ1v) is 4.49. The quantitative estimate of drug-likeness (QED) is 0.779. The van der Waals surface area contributed by atoms with Gasteiger partial charge in [0, 0.05) is 18.6 Å². The molecular weight excluding hydrogens is 197 g/mol. The summed E-state index contributed by atoms with van der Waals surface area (Å²) in [5, 5.41) is 9.55. The number of hydrogen-bond acceptors (Lipinski definition) is 1. The van der Waals surface area contributed by atoms with Gasteiger partial charge in [0.25, 0.3) is 0 Å². The fraction of sp³-hybridized carbons (Fsp3) is 0.182. The number of rotatable bonds is 1. The van der Waals surface area contributed by atoms with Crippen LogP contribution in [0.15, 0.2) is 18.3 Å². The fourth-order valence-electron chi connectivity index (χ4n) is 1.76. The monoisotopic (exact) mass is 207 g/mol. The summed E-state index contributed by atoms with van der Waals surface area (Å²) in [7, 11) is 1.80. The number of nitrogens with zero attached hydrogens (tertiary/aromatic N) is 1. The van der Waals surface area contributed by atoms with Crippen molar-refractivity contribution >= 4 is 16.9 Å². The van der Waals surface area contributed by atoms with Crippen molar-refractivity contribution in [3.63, 3.8) is 0 Å². The molecule has 1 aromatic carbocycles. The lowest BCUT2D eigenvalue weighted by Gasteiger charge is -2.00. The fourth-order valence-corrected chi connectivity index (χ4v) is 1.76. The number of aromatic carboxylic acids is 1. The molecule has 15 heavy (non-hydrogen) atoms. The van der Waals surface area contributed by atoms with Gasteiger partial charge in [0.05, 0.1) is 11.1 Å². The standard InChI is InChI=1S/C11H10FNO2/c1-6-5-13(2)10-4-9(12)8(11(14)15)3-7(6)10/h3-5H,1-2H3,(H,14,15). The molecule has 0 bridgehead atoms. The van der Waals surface area contributed by atoms with Crippen molar-refractivity contribution in [1.29, 1.82) is 0 Å². The molecule has 0 radical (unpaired) electrons. The Morgan fingerprint density at radius 3 is 2.73 bits per heavy atom. The van der Waals surface area contributed by atoms with E-state index in [0.717, 1.165) is 10.9 Å². The number of fused-ring (bicyclic) bond motifs is 1. The first kappa shape index (κ1) is 9.71. The third kappa shape index (κ3) is 1.38. The van der Waals surface area contributed by atoms with Gasteiger partial charge in [0.15, 0.2) is 0 Å². The van der Waals surface area contributed by atoms with Gasteiger partial charge in [0.1, 0.15) is 5.82 Å². The van der Waals surface area contributed by atoms with Gasteiger partial charge in [-0.1, -0.05) is 0 Å². The van der Waals surface area contributed by atoms with Gasteiger partial charge in [-0.05, 0) is 24.6 Å². The molecule has 0 aliphatic carbocycles. The van der Waals surface area contributed by atoms with Crippen LogP contribution in [0.4, 0.5) is 4.39 Å². The number of aromatic nitrogens is 1. The Bertz CT molecular complexity index is 557. The van der Waals surface area contributed by atoms with Crippen LogP contribution in [0.3, 0.4) is 0 Å². The Balaban J connectivity index is 2.85. The van der Waals surface area contributed by atoms with Gasteiger partial charge in [-0.2, -0.15) is 0 Å². The highest BCUT2D eigenvalue weighted by Crippen LogP contribution is 2.23. The minimum absolute atomic E-state index is 0.281. The lowest BCUT2D eigenvalue weighted by Crippen LogP contribution is -2.00. The zero-order valence-electron chi connectivity index (χ0n) is 8.41. The minimum Gasteiger partial charge on any atom is -0.478 e. The van der Waals surface area contributed by atoms with Crippen LogP contribution in [0.25, 0.3) is 10.9 Å². The zero-order chi connectivity index (χ0) is 11.2. The summed E-state index contributed by atoms with van der Waals surface area (Å²) in [5.41, 5.74) is 1.36. The maximum absolute atomic E-state index is 13.4. The molecule has 2 rings (SSSR count). The second kappa shape index (κ2) is 3.08. The number of halogens is 1. The lowest BCUT2D eigenvalue weighted by molar-refractivity contribution is 0.0692. The zero-order valence-corrected chi connectivity index (χ0v) is 8.41. The van der Waals surface area contributed by atoms with Crippen molar-refractivity contribution in [3.8, 4) is 0 Å². The molecule has 0 saturated carbocycles. The van der Waals surface area contributed by atoms with Gasteiger partial charge < -0.3 is 9.67 Å². The summed E-state index contributed by atoms with van der Waals surface area (Å²) in [6, 6.07) is 2.63. The summed E-state index contributed by atoms with van der Waals surface area (Å²) in [5.74, 6) is -1.94. The second-order valence-electron chi connectivity index (χ2n) is 3.58. The summed E-state index contributed by atoms with van der Waals surface area (Å²) in [6.07, 6.45) is 1.84. The molecule has 1 N–H and O–H groups in total. The van der Waals surface area contributed by atoms with Crippen LogP contribution in [0.1, 0.15) is 15.9 Å². The van der Waals surface area contributed by atoms with Crippen molar-refractivity contribution in [2.75, 3.05) is 0 Å². The van der Waals surface area contributed by atoms with E-state index in [1.165, 1.54) is 12.1 Å². The molecule has 0 saturated heterocycles. The highest BCUT2D eigenvalue weighted by molar-refractivity contribution is 5.95. The average molecular weight is 207 g/mol. The van der Waals surface area contributed by atoms with Gasteiger partial charge in [-0.25, -0.2) is 9.18 Å². The Kier molecular flexibility index (Phi) is 2.00. The van der Waals surface area contributed by atoms with Crippen molar-refractivity contribution in [3.05, 3.63) is 35.3 Å². The number of carboxylic acid groups (broad SMARTS) is 1. The summed E-state index contributed by atoms with van der Waals surface area (Å²) >= 11 is 0. The molecule has 0 amide bonds. The lowest BCUT2D eigenvalue weighted by atomic mass is 10.1. The van der Waals surface area contributed by atoms with Crippen LogP contribution >= 0.6 is 0 Å². The van der Waals surface area contributed by atoms with E-state index in [-0.39, 0.29) is 5.56 Å². The molecule has 0 aliphatic heterocycles. The van der Waals surface area contributed by atoms with Crippen molar-refractivity contribution in [1.82, 2.24) is 4.57 Å². The van der Waals surface area contributed by atoms with Crippen LogP contribution in [0.5, 0.6) is 0 Å². The van der Waals surface area contributed by atoms with E-state index in [2.05, 4.69) is 0 Å². The van der Waals surface area contributed by atoms with E-state index in [1.54, 1.807) is 11.6 Å². The van der Waals surface area contributed by atoms with Gasteiger partial charge in [0.2, 0.25) is 0 Å². The largest absolute Gasteiger partial charge is 0.478 e. The molecule has 78 valence electrons. The number of hydrogen-bond donors (Lipinski definition) is 1. The number of carboxylic acids is 1. The normalized spacial score (nSPS) is 10.9. The molecule has 1 aromatic heterocycles. The Labute approximate surface area is 85.7 Å². The first-order valence-electron chi connectivity index (χ1n) is 4.49. The highest BCUT2D eigenvalue weighted by atomic mass is 19.1. The Morgan fingerprint density at radius 2 is 2.13 bits per heavy atom. The van der Waals surface area contributed by atoms with Crippen LogP contribution in [-0.2, 0) is 7.05 Å². The third-order valence-corrected chi connectivity index (χ3v) is 2.51. The van der Waals surface area contributed by atoms with Crippen LogP contribution in [0.2, 0.25) is 0 Å². The first-order chi connectivity index (χ1) is 7.00. The Hall–Kier alpha value is -1.84. The predicted octanol–water partition coefficient (Wildman–Crippen LogP) is 2.32. The smallest absolute Gasteiger partial charge is 0.338 e. The van der Waals surface area contributed by atoms with E-state index < -0.39 is 11.8 Å². The van der Waals surface area contributed by atoms with Crippen LogP contribution in [0, 0.1) is 12.7 Å². The van der Waals surface area contributed by atoms with Crippen LogP contribution in [-0.4, -0.2) is 15.6 Å². The highest BCUT2D eigenvalue weighted by Gasteiger charge is 2.14. The van der Waals surface area contributed by atoms with E-state index in [9.17, 15) is 9.18 Å². The molecule has 0 fully saturated rings. The Morgan fingerprint density at radius 1 is 1.47 bits per heavy atom. The molecule has 0 spiro atoms. The molecule has 4 heteroatoms. The second-order valence-corrected chi connectivity index (χ2v) is 3.58. The predicted molar refractivity (Wildman–Crippen MR) is 54.6 cm³/mol. The topological polar surface area (TPSA) is 42.2 Å². The molecule has 1 heterocycles. The van der Waals surface area contributed by atoms with E-state index in [4.69, 9.17) is 5.11 Å². The molecule has 0 unspecified atom stereocenters. The van der Waals surface area contributed by atoms with E-state index in [1.807, 2.05) is 13.1 Å². The summed E-state index contributed by atoms with van der Waals surface area (Å²) in [6.45, 7) is 1.87. The van der Waals surface area contributed by atoms with Crippen molar-refractivity contribution in [2.45, 2.75) is 6.92 Å². The minimum atomic E-state index is -1.24. The SMILES string of the molecule is Cc1cn(C)c2cc(F)c(C(=O)O)cc12. The van der Waals surface area contributed by atoms with Crippen LogP contribution < -0.4 is 0 Å². The molecule has 0 aliphatic rings. The average Bonchev–Trinajstić information content (AvgIpc) is 2.41. The summed E-state index contributed by atoms with van der Waals surface area (Å²) < 4.78 is 15.1. The molecule has 3 nitrogen and oxygen atoms in total. The van der Waals surface area contributed by atoms with Gasteiger partial charge in [-0.3, -0.25) is 0 Å². The van der Waals surface area contributed by atoms with E-state index >= 15 is 0 Å². The molecular formula is C11H10FNO2. The van der Waals surface area contributed by atoms with Gasteiger partial charge in [-0.15, -0.1) is 0 Å². The number of carbonyl (C=O) groups is 1. The van der Waals surface area contributed by atoms with Crippen molar-refractivity contribution < 1.29 is 14.3 Å². The maximum atomic E-state index is 13.4. The van der Waals surface area contributed by atoms with Crippen molar-refractivity contribution in [2.24, 2.45) is 7.05 Å². The summed E-state index contributed by atoms with van der Waals surface area (Å²) in [4.78, 5) is 10.7. The molecule has 0 atom stereocenters. The maximum Gasteiger partial charge on any atom is 0.338 e. The number of benzene rings is 1.